The van der Waals surface area contributed by atoms with Gasteiger partial charge in [0, 0.05) is 44.8 Å². The third kappa shape index (κ3) is 7.75. The van der Waals surface area contributed by atoms with E-state index in [-0.39, 0.29) is 24.0 Å². The quantitative estimate of drug-likeness (QED) is 0.350. The molecule has 1 fully saturated rings. The van der Waals surface area contributed by atoms with E-state index in [0.717, 1.165) is 35.9 Å². The lowest BCUT2D eigenvalue weighted by Gasteiger charge is -2.30. The zero-order valence-electron chi connectivity index (χ0n) is 16.2. The van der Waals surface area contributed by atoms with E-state index in [4.69, 9.17) is 16.6 Å². The standard InChI is InChI=1S/C18H29ClN4O2S.HI/c1-4-20-18(22(2)14-16-7-5-6-8-17(16)19)21-13-15-9-11-23(12-10-15)26(3,24)25;/h5-8,15H,4,9-14H2,1-3H3,(H,20,21);1H. The molecule has 1 heterocycles. The molecule has 0 aromatic heterocycles. The molecule has 0 aliphatic carbocycles. The number of rotatable bonds is 6. The molecule has 154 valence electrons. The molecule has 0 bridgehead atoms. The molecule has 0 unspecified atom stereocenters. The summed E-state index contributed by atoms with van der Waals surface area (Å²) in [4.78, 5) is 6.84. The Bertz CT molecular complexity index is 722. The van der Waals surface area contributed by atoms with E-state index in [1.165, 1.54) is 6.26 Å². The Morgan fingerprint density at radius 3 is 2.52 bits per heavy atom. The molecule has 1 saturated heterocycles. The maximum atomic E-state index is 11.6. The van der Waals surface area contributed by atoms with Gasteiger partial charge in [0.2, 0.25) is 10.0 Å². The van der Waals surface area contributed by atoms with Crippen molar-refractivity contribution in [2.45, 2.75) is 26.3 Å². The predicted molar refractivity (Wildman–Crippen MR) is 123 cm³/mol. The Balaban J connectivity index is 0.00000364. The van der Waals surface area contributed by atoms with Crippen LogP contribution in [-0.4, -0.2) is 63.1 Å². The maximum absolute atomic E-state index is 11.6. The average molecular weight is 529 g/mol. The number of nitrogens with one attached hydrogen (secondary N) is 1. The highest BCUT2D eigenvalue weighted by molar-refractivity contribution is 14.0. The largest absolute Gasteiger partial charge is 0.357 e. The lowest BCUT2D eigenvalue weighted by Crippen LogP contribution is -2.40. The minimum atomic E-state index is -3.08. The molecule has 0 spiro atoms. The molecule has 0 atom stereocenters. The number of halogens is 2. The van der Waals surface area contributed by atoms with Crippen molar-refractivity contribution in [3.05, 3.63) is 34.9 Å². The fourth-order valence-corrected chi connectivity index (χ4v) is 4.14. The monoisotopic (exact) mass is 528 g/mol. The number of guanidine groups is 1. The van der Waals surface area contributed by atoms with E-state index in [1.54, 1.807) is 4.31 Å². The topological polar surface area (TPSA) is 65.0 Å². The van der Waals surface area contributed by atoms with Gasteiger partial charge in [-0.25, -0.2) is 12.7 Å². The maximum Gasteiger partial charge on any atom is 0.211 e. The molecular formula is C18H30ClIN4O2S. The molecular weight excluding hydrogens is 499 g/mol. The molecule has 1 aromatic rings. The minimum Gasteiger partial charge on any atom is -0.357 e. The Hall–Kier alpha value is -0.580. The summed E-state index contributed by atoms with van der Waals surface area (Å²) in [5, 5.41) is 4.07. The smallest absolute Gasteiger partial charge is 0.211 e. The lowest BCUT2D eigenvalue weighted by molar-refractivity contribution is 0.279. The van der Waals surface area contributed by atoms with Crippen molar-refractivity contribution < 1.29 is 8.42 Å². The van der Waals surface area contributed by atoms with Gasteiger partial charge in [-0.3, -0.25) is 4.99 Å². The van der Waals surface area contributed by atoms with Gasteiger partial charge >= 0.3 is 0 Å². The van der Waals surface area contributed by atoms with E-state index >= 15 is 0 Å². The van der Waals surface area contributed by atoms with Crippen molar-refractivity contribution in [2.24, 2.45) is 10.9 Å². The number of benzene rings is 1. The van der Waals surface area contributed by atoms with Gasteiger partial charge in [0.05, 0.1) is 6.26 Å². The van der Waals surface area contributed by atoms with Crippen LogP contribution in [0.4, 0.5) is 0 Å². The number of hydrogen-bond donors (Lipinski definition) is 1. The van der Waals surface area contributed by atoms with E-state index in [1.807, 2.05) is 38.2 Å². The molecule has 0 amide bonds. The highest BCUT2D eigenvalue weighted by Crippen LogP contribution is 2.20. The number of aliphatic imine (C=N–C) groups is 1. The van der Waals surface area contributed by atoms with Crippen LogP contribution < -0.4 is 5.32 Å². The second kappa shape index (κ2) is 11.4. The van der Waals surface area contributed by atoms with Crippen molar-refractivity contribution in [3.8, 4) is 0 Å². The molecule has 6 nitrogen and oxygen atoms in total. The first-order valence-corrected chi connectivity index (χ1v) is 11.2. The minimum absolute atomic E-state index is 0. The second-order valence-corrected chi connectivity index (χ2v) is 9.14. The van der Waals surface area contributed by atoms with Crippen LogP contribution in [-0.2, 0) is 16.6 Å². The molecule has 1 aliphatic rings. The van der Waals surface area contributed by atoms with Gasteiger partial charge in [0.15, 0.2) is 5.96 Å². The van der Waals surface area contributed by atoms with Gasteiger partial charge in [-0.05, 0) is 37.3 Å². The number of piperidine rings is 1. The summed E-state index contributed by atoms with van der Waals surface area (Å²) in [6.45, 7) is 5.39. The second-order valence-electron chi connectivity index (χ2n) is 6.75. The molecule has 1 aliphatic heterocycles. The van der Waals surface area contributed by atoms with Crippen LogP contribution in [0.3, 0.4) is 0 Å². The van der Waals surface area contributed by atoms with Gasteiger partial charge in [0.25, 0.3) is 0 Å². The van der Waals surface area contributed by atoms with Crippen LogP contribution in [0, 0.1) is 5.92 Å². The van der Waals surface area contributed by atoms with E-state index < -0.39 is 10.0 Å². The zero-order chi connectivity index (χ0) is 19.2. The van der Waals surface area contributed by atoms with Crippen LogP contribution >= 0.6 is 35.6 Å². The van der Waals surface area contributed by atoms with Crippen LogP contribution in [0.1, 0.15) is 25.3 Å². The van der Waals surface area contributed by atoms with Gasteiger partial charge in [-0.1, -0.05) is 29.8 Å². The predicted octanol–water partition coefficient (Wildman–Crippen LogP) is 3.03. The molecule has 1 N–H and O–H groups in total. The summed E-state index contributed by atoms with van der Waals surface area (Å²) in [5.74, 6) is 1.26. The fourth-order valence-electron chi connectivity index (χ4n) is 3.07. The number of nitrogens with zero attached hydrogens (tertiary/aromatic N) is 3. The molecule has 0 radical (unpaired) electrons. The summed E-state index contributed by atoms with van der Waals surface area (Å²) in [6, 6.07) is 7.82. The molecule has 1 aromatic carbocycles. The van der Waals surface area contributed by atoms with Crippen molar-refractivity contribution in [3.63, 3.8) is 0 Å². The van der Waals surface area contributed by atoms with Crippen molar-refractivity contribution in [2.75, 3.05) is 39.5 Å². The van der Waals surface area contributed by atoms with Crippen molar-refractivity contribution in [1.82, 2.24) is 14.5 Å². The van der Waals surface area contributed by atoms with Crippen LogP contribution in [0.5, 0.6) is 0 Å². The van der Waals surface area contributed by atoms with E-state index in [0.29, 0.717) is 32.1 Å². The highest BCUT2D eigenvalue weighted by Gasteiger charge is 2.24. The summed E-state index contributed by atoms with van der Waals surface area (Å²) in [5.41, 5.74) is 1.06. The SMILES string of the molecule is CCNC(=NCC1CCN(S(C)(=O)=O)CC1)N(C)Cc1ccccc1Cl.I. The normalized spacial score (nSPS) is 16.7. The summed E-state index contributed by atoms with van der Waals surface area (Å²) in [7, 11) is -1.08. The van der Waals surface area contributed by atoms with Crippen molar-refractivity contribution >= 4 is 51.6 Å². The molecule has 0 saturated carbocycles. The first-order chi connectivity index (χ1) is 12.3. The zero-order valence-corrected chi connectivity index (χ0v) is 20.1. The Labute approximate surface area is 185 Å². The van der Waals surface area contributed by atoms with Crippen LogP contribution in [0.2, 0.25) is 5.02 Å². The molecule has 27 heavy (non-hydrogen) atoms. The highest BCUT2D eigenvalue weighted by atomic mass is 127. The summed E-state index contributed by atoms with van der Waals surface area (Å²) < 4.78 is 24.8. The Morgan fingerprint density at radius 2 is 1.96 bits per heavy atom. The average Bonchev–Trinajstić information content (AvgIpc) is 2.60. The fraction of sp³-hybridized carbons (Fsp3) is 0.611. The lowest BCUT2D eigenvalue weighted by atomic mass is 9.98. The first kappa shape index (κ1) is 24.5. The van der Waals surface area contributed by atoms with Gasteiger partial charge in [0.1, 0.15) is 0 Å². The molecule has 9 heteroatoms. The van der Waals surface area contributed by atoms with Gasteiger partial charge in [-0.2, -0.15) is 0 Å². The third-order valence-electron chi connectivity index (χ3n) is 4.60. The van der Waals surface area contributed by atoms with Crippen LogP contribution in [0.25, 0.3) is 0 Å². The number of sulfonamides is 1. The van der Waals surface area contributed by atoms with E-state index in [2.05, 4.69) is 10.2 Å². The van der Waals surface area contributed by atoms with Gasteiger partial charge in [-0.15, -0.1) is 24.0 Å². The summed E-state index contributed by atoms with van der Waals surface area (Å²) >= 11 is 6.26. The van der Waals surface area contributed by atoms with Crippen LogP contribution in [0.15, 0.2) is 29.3 Å². The summed E-state index contributed by atoms with van der Waals surface area (Å²) in [6.07, 6.45) is 2.98. The van der Waals surface area contributed by atoms with Gasteiger partial charge < -0.3 is 10.2 Å². The first-order valence-electron chi connectivity index (χ1n) is 8.99. The van der Waals surface area contributed by atoms with Crippen molar-refractivity contribution in [1.29, 1.82) is 0 Å². The Morgan fingerprint density at radius 1 is 1.33 bits per heavy atom. The number of hydrogen-bond acceptors (Lipinski definition) is 3. The van der Waals surface area contributed by atoms with E-state index in [9.17, 15) is 8.42 Å². The Kier molecular flexibility index (Phi) is 10.4. The third-order valence-corrected chi connectivity index (χ3v) is 6.28. The molecule has 2 rings (SSSR count).